The third-order valence-corrected chi connectivity index (χ3v) is 3.64. The molecule has 0 unspecified atom stereocenters. The van der Waals surface area contributed by atoms with E-state index in [9.17, 15) is 9.18 Å². The number of aldehydes is 1. The lowest BCUT2D eigenvalue weighted by Crippen LogP contribution is -1.93. The van der Waals surface area contributed by atoms with Crippen molar-refractivity contribution in [2.24, 2.45) is 0 Å². The van der Waals surface area contributed by atoms with Gasteiger partial charge in [0, 0.05) is 17.3 Å². The predicted molar refractivity (Wildman–Crippen MR) is 79.5 cm³/mol. The van der Waals surface area contributed by atoms with Gasteiger partial charge in [0.25, 0.3) is 0 Å². The highest BCUT2D eigenvalue weighted by atomic mass is 19.1. The molecule has 0 N–H and O–H groups in total. The Bertz CT molecular complexity index is 836. The first-order valence-electron chi connectivity index (χ1n) is 6.55. The van der Waals surface area contributed by atoms with Crippen LogP contribution >= 0.6 is 0 Å². The number of nitrogens with zero attached hydrogens (tertiary/aromatic N) is 1. The van der Waals surface area contributed by atoms with Crippen LogP contribution in [-0.2, 0) is 0 Å². The summed E-state index contributed by atoms with van der Waals surface area (Å²) in [7, 11) is 1.42. The van der Waals surface area contributed by atoms with Gasteiger partial charge in [-0.15, -0.1) is 0 Å². The Morgan fingerprint density at radius 1 is 1.24 bits per heavy atom. The van der Waals surface area contributed by atoms with Crippen LogP contribution in [0.3, 0.4) is 0 Å². The van der Waals surface area contributed by atoms with Gasteiger partial charge in [0.1, 0.15) is 0 Å². The average molecular weight is 283 g/mol. The van der Waals surface area contributed by atoms with Gasteiger partial charge in [-0.2, -0.15) is 0 Å². The summed E-state index contributed by atoms with van der Waals surface area (Å²) in [5, 5.41) is 0. The second-order valence-corrected chi connectivity index (χ2v) is 4.86. The Kier molecular flexibility index (Phi) is 3.22. The van der Waals surface area contributed by atoms with E-state index in [1.54, 1.807) is 12.1 Å². The van der Waals surface area contributed by atoms with E-state index in [4.69, 9.17) is 4.74 Å². The number of aryl methyl sites for hydroxylation is 1. The normalized spacial score (nSPS) is 10.8. The van der Waals surface area contributed by atoms with Crippen molar-refractivity contribution in [3.63, 3.8) is 0 Å². The molecule has 3 aromatic rings. The number of halogens is 1. The van der Waals surface area contributed by atoms with Crippen LogP contribution in [0, 0.1) is 12.7 Å². The van der Waals surface area contributed by atoms with Gasteiger partial charge < -0.3 is 9.14 Å². The van der Waals surface area contributed by atoms with Crippen molar-refractivity contribution in [3.8, 4) is 16.9 Å². The van der Waals surface area contributed by atoms with Gasteiger partial charge in [0.2, 0.25) is 0 Å². The van der Waals surface area contributed by atoms with Crippen LogP contribution in [-0.4, -0.2) is 17.8 Å². The zero-order valence-electron chi connectivity index (χ0n) is 11.8. The Morgan fingerprint density at radius 3 is 2.71 bits per heavy atom. The lowest BCUT2D eigenvalue weighted by molar-refractivity contribution is 0.111. The van der Waals surface area contributed by atoms with E-state index in [2.05, 4.69) is 0 Å². The Hall–Kier alpha value is -2.62. The van der Waals surface area contributed by atoms with Crippen molar-refractivity contribution in [1.82, 2.24) is 4.40 Å². The molecule has 0 saturated carbocycles. The molecule has 0 bridgehead atoms. The van der Waals surface area contributed by atoms with Gasteiger partial charge in [-0.25, -0.2) is 4.39 Å². The molecule has 0 spiro atoms. The van der Waals surface area contributed by atoms with Crippen LogP contribution in [0.25, 0.3) is 16.6 Å². The van der Waals surface area contributed by atoms with Crippen LogP contribution in [0.5, 0.6) is 5.75 Å². The molecule has 2 heterocycles. The lowest BCUT2D eigenvalue weighted by atomic mass is 10.1. The van der Waals surface area contributed by atoms with E-state index in [0.717, 1.165) is 17.4 Å². The summed E-state index contributed by atoms with van der Waals surface area (Å²) in [5.41, 5.74) is 3.87. The maximum atomic E-state index is 13.9. The molecule has 0 radical (unpaired) electrons. The smallest absolute Gasteiger partial charge is 0.167 e. The number of hydrogen-bond acceptors (Lipinski definition) is 2. The van der Waals surface area contributed by atoms with Crippen molar-refractivity contribution in [3.05, 3.63) is 59.7 Å². The van der Waals surface area contributed by atoms with Gasteiger partial charge in [0.05, 0.1) is 12.8 Å². The van der Waals surface area contributed by atoms with Gasteiger partial charge in [-0.1, -0.05) is 12.1 Å². The van der Waals surface area contributed by atoms with Crippen molar-refractivity contribution >= 4 is 11.8 Å². The summed E-state index contributed by atoms with van der Waals surface area (Å²) in [5.74, 6) is -0.259. The topological polar surface area (TPSA) is 30.7 Å². The standard InChI is InChI=1S/C17H14FNO2/c1-11-4-3-7-19-15(11)9-13(16(19)10-20)12-5-6-17(21-2)14(18)8-12/h3-10H,1-2H3. The van der Waals surface area contributed by atoms with Crippen molar-refractivity contribution in [2.75, 3.05) is 7.11 Å². The fourth-order valence-corrected chi connectivity index (χ4v) is 2.55. The first-order chi connectivity index (χ1) is 10.2. The molecule has 1 aromatic carbocycles. The third kappa shape index (κ3) is 2.09. The molecular weight excluding hydrogens is 269 g/mol. The van der Waals surface area contributed by atoms with Crippen molar-refractivity contribution in [2.45, 2.75) is 6.92 Å². The zero-order chi connectivity index (χ0) is 15.0. The summed E-state index contributed by atoms with van der Waals surface area (Å²) in [4.78, 5) is 11.5. The molecule has 106 valence electrons. The first-order valence-corrected chi connectivity index (χ1v) is 6.55. The van der Waals surface area contributed by atoms with Gasteiger partial charge in [-0.05, 0) is 42.3 Å². The largest absolute Gasteiger partial charge is 0.494 e. The quantitative estimate of drug-likeness (QED) is 0.683. The Labute approximate surface area is 121 Å². The fraction of sp³-hybridized carbons (Fsp3) is 0.118. The van der Waals surface area contributed by atoms with E-state index < -0.39 is 5.82 Å². The number of aromatic nitrogens is 1. The molecule has 0 amide bonds. The highest BCUT2D eigenvalue weighted by Crippen LogP contribution is 2.30. The third-order valence-electron chi connectivity index (χ3n) is 3.64. The first kappa shape index (κ1) is 13.4. The van der Waals surface area contributed by atoms with Crippen LogP contribution in [0.2, 0.25) is 0 Å². The van der Waals surface area contributed by atoms with E-state index in [0.29, 0.717) is 16.8 Å². The van der Waals surface area contributed by atoms with Crippen LogP contribution in [0.15, 0.2) is 42.6 Å². The minimum Gasteiger partial charge on any atom is -0.494 e. The summed E-state index contributed by atoms with van der Waals surface area (Å²) in [6, 6.07) is 10.5. The van der Waals surface area contributed by atoms with E-state index in [1.807, 2.05) is 35.7 Å². The SMILES string of the molecule is COc1ccc(-c2cc3c(C)cccn3c2C=O)cc1F. The molecule has 2 aromatic heterocycles. The number of pyridine rings is 1. The van der Waals surface area contributed by atoms with E-state index in [1.165, 1.54) is 13.2 Å². The summed E-state index contributed by atoms with van der Waals surface area (Å²) >= 11 is 0. The zero-order valence-corrected chi connectivity index (χ0v) is 11.8. The van der Waals surface area contributed by atoms with Gasteiger partial charge >= 0.3 is 0 Å². The molecule has 3 nitrogen and oxygen atoms in total. The number of rotatable bonds is 3. The van der Waals surface area contributed by atoms with E-state index in [-0.39, 0.29) is 5.75 Å². The van der Waals surface area contributed by atoms with Crippen molar-refractivity contribution < 1.29 is 13.9 Å². The maximum Gasteiger partial charge on any atom is 0.167 e. The highest BCUT2D eigenvalue weighted by molar-refractivity contribution is 5.90. The molecule has 4 heteroatoms. The van der Waals surface area contributed by atoms with Gasteiger partial charge in [-0.3, -0.25) is 4.79 Å². The molecule has 21 heavy (non-hydrogen) atoms. The summed E-state index contributed by atoms with van der Waals surface area (Å²) < 4.78 is 20.6. The summed E-state index contributed by atoms with van der Waals surface area (Å²) in [6.07, 6.45) is 2.62. The molecular formula is C17H14FNO2. The highest BCUT2D eigenvalue weighted by Gasteiger charge is 2.14. The minimum absolute atomic E-state index is 0.186. The molecule has 0 aliphatic rings. The monoisotopic (exact) mass is 283 g/mol. The van der Waals surface area contributed by atoms with Crippen molar-refractivity contribution in [1.29, 1.82) is 0 Å². The van der Waals surface area contributed by atoms with Crippen LogP contribution < -0.4 is 4.74 Å². The number of carbonyl (C=O) groups excluding carboxylic acids is 1. The summed E-state index contributed by atoms with van der Waals surface area (Å²) in [6.45, 7) is 1.97. The minimum atomic E-state index is -0.446. The predicted octanol–water partition coefficient (Wildman–Crippen LogP) is 3.87. The lowest BCUT2D eigenvalue weighted by Gasteiger charge is -2.05. The molecule has 0 aliphatic heterocycles. The number of hydrogen-bond donors (Lipinski definition) is 0. The second kappa shape index (κ2) is 5.05. The number of ether oxygens (including phenoxy) is 1. The number of methoxy groups -OCH3 is 1. The van der Waals surface area contributed by atoms with Crippen LogP contribution in [0.4, 0.5) is 4.39 Å². The molecule has 0 atom stereocenters. The van der Waals surface area contributed by atoms with Crippen LogP contribution in [0.1, 0.15) is 16.1 Å². The molecule has 0 saturated heterocycles. The molecule has 0 aliphatic carbocycles. The average Bonchev–Trinajstić information content (AvgIpc) is 2.87. The fourth-order valence-electron chi connectivity index (χ4n) is 2.55. The number of fused-ring (bicyclic) bond motifs is 1. The Morgan fingerprint density at radius 2 is 2.05 bits per heavy atom. The Balaban J connectivity index is 2.27. The van der Waals surface area contributed by atoms with E-state index >= 15 is 0 Å². The van der Waals surface area contributed by atoms with Gasteiger partial charge in [0.15, 0.2) is 17.9 Å². The maximum absolute atomic E-state index is 13.9. The molecule has 3 rings (SSSR count). The number of carbonyl (C=O) groups is 1. The molecule has 0 fully saturated rings. The second-order valence-electron chi connectivity index (χ2n) is 4.86. The number of benzene rings is 1.